The lowest BCUT2D eigenvalue weighted by molar-refractivity contribution is -0.189. The van der Waals surface area contributed by atoms with Gasteiger partial charge in [-0.05, 0) is 31.5 Å². The van der Waals surface area contributed by atoms with Crippen LogP contribution in [0.5, 0.6) is 5.75 Å². The first-order valence-corrected chi connectivity index (χ1v) is 8.89. The van der Waals surface area contributed by atoms with Gasteiger partial charge in [-0.2, -0.15) is 8.78 Å². The molecule has 0 N–H and O–H groups in total. The van der Waals surface area contributed by atoms with Crippen molar-refractivity contribution in [3.63, 3.8) is 0 Å². The monoisotopic (exact) mass is 428 g/mol. The number of halogens is 6. The van der Waals surface area contributed by atoms with Crippen LogP contribution in [0.2, 0.25) is 0 Å². The summed E-state index contributed by atoms with van der Waals surface area (Å²) in [4.78, 5) is 7.74. The van der Waals surface area contributed by atoms with E-state index < -0.39 is 46.3 Å². The fourth-order valence-electron chi connectivity index (χ4n) is 2.40. The molecular weight excluding hydrogens is 410 g/mol. The molecule has 0 saturated carbocycles. The van der Waals surface area contributed by atoms with Crippen molar-refractivity contribution in [2.24, 2.45) is 0 Å². The fourth-order valence-corrected chi connectivity index (χ4v) is 2.40. The smallest absolute Gasteiger partial charge is 0.429 e. The molecule has 0 unspecified atom stereocenters. The maximum Gasteiger partial charge on any atom is 0.432 e. The van der Waals surface area contributed by atoms with Crippen molar-refractivity contribution in [1.29, 1.82) is 0 Å². The summed E-state index contributed by atoms with van der Waals surface area (Å²) in [5, 5.41) is 0. The van der Waals surface area contributed by atoms with Crippen molar-refractivity contribution in [3.05, 3.63) is 76.6 Å². The Morgan fingerprint density at radius 1 is 0.767 bits per heavy atom. The van der Waals surface area contributed by atoms with Crippen LogP contribution in [0.15, 0.2) is 36.7 Å². The number of benzene rings is 2. The molecule has 160 valence electrons. The van der Waals surface area contributed by atoms with Crippen LogP contribution in [0, 0.1) is 37.1 Å². The third kappa shape index (κ3) is 4.90. The average Bonchev–Trinajstić information content (AvgIpc) is 2.67. The van der Waals surface area contributed by atoms with Crippen LogP contribution in [-0.2, 0) is 6.11 Å². The molecular formula is C21H18F6N2O. The van der Waals surface area contributed by atoms with E-state index in [0.717, 1.165) is 6.92 Å². The number of rotatable bonds is 4. The molecule has 0 amide bonds. The summed E-state index contributed by atoms with van der Waals surface area (Å²) in [6, 6.07) is 2.24. The van der Waals surface area contributed by atoms with Gasteiger partial charge in [0.25, 0.3) is 0 Å². The fraction of sp³-hybridized carbons (Fsp3) is 0.238. The van der Waals surface area contributed by atoms with Gasteiger partial charge in [-0.15, -0.1) is 0 Å². The van der Waals surface area contributed by atoms with Crippen molar-refractivity contribution < 1.29 is 31.1 Å². The Balaban J connectivity index is 0.00000155. The molecule has 2 aromatic carbocycles. The van der Waals surface area contributed by atoms with Gasteiger partial charge in [0, 0.05) is 35.7 Å². The van der Waals surface area contributed by atoms with Gasteiger partial charge in [0.05, 0.1) is 0 Å². The summed E-state index contributed by atoms with van der Waals surface area (Å²) in [6.07, 6.45) is -1.75. The molecule has 0 aliphatic rings. The number of ether oxygens (including phenoxy) is 1. The molecule has 3 nitrogen and oxygen atoms in total. The Labute approximate surface area is 169 Å². The highest BCUT2D eigenvalue weighted by atomic mass is 19.3. The van der Waals surface area contributed by atoms with E-state index >= 15 is 0 Å². The van der Waals surface area contributed by atoms with Gasteiger partial charge >= 0.3 is 6.11 Å². The van der Waals surface area contributed by atoms with Gasteiger partial charge in [-0.1, -0.05) is 13.8 Å². The Bertz CT molecular complexity index is 992. The molecule has 0 aliphatic carbocycles. The van der Waals surface area contributed by atoms with Crippen molar-refractivity contribution >= 4 is 0 Å². The molecule has 30 heavy (non-hydrogen) atoms. The van der Waals surface area contributed by atoms with E-state index in [0.29, 0.717) is 29.8 Å². The SMILES string of the molecule is CC.Cc1cnc(-c2cc(F)c(C(F)(F)Oc3cc(F)c(C)c(F)c3)c(F)c2)nc1. The molecule has 0 saturated heterocycles. The number of aryl methyl sites for hydroxylation is 1. The number of hydrogen-bond donors (Lipinski definition) is 0. The van der Waals surface area contributed by atoms with Crippen molar-refractivity contribution in [2.45, 2.75) is 33.8 Å². The molecule has 0 atom stereocenters. The number of nitrogens with zero attached hydrogens (tertiary/aromatic N) is 2. The predicted molar refractivity (Wildman–Crippen MR) is 99.1 cm³/mol. The average molecular weight is 428 g/mol. The lowest BCUT2D eigenvalue weighted by Gasteiger charge is -2.20. The summed E-state index contributed by atoms with van der Waals surface area (Å²) in [6.45, 7) is 6.79. The zero-order valence-electron chi connectivity index (χ0n) is 16.5. The Kier molecular flexibility index (Phi) is 7.07. The second-order valence-corrected chi connectivity index (χ2v) is 6.03. The summed E-state index contributed by atoms with van der Waals surface area (Å²) >= 11 is 0. The molecule has 0 aliphatic heterocycles. The standard InChI is InChI=1S/C19H12F6N2O.C2H6/c1-9-7-26-18(27-8-9)11-3-15(22)17(16(23)4-11)19(24,25)28-12-5-13(20)10(2)14(21)6-12;1-2/h3-8H,1-2H3;1-2H3. The van der Waals surface area contributed by atoms with E-state index in [-0.39, 0.29) is 11.4 Å². The summed E-state index contributed by atoms with van der Waals surface area (Å²) in [5.74, 6) is -6.52. The minimum Gasteiger partial charge on any atom is -0.429 e. The second-order valence-electron chi connectivity index (χ2n) is 6.03. The highest BCUT2D eigenvalue weighted by Gasteiger charge is 2.41. The molecule has 3 aromatic rings. The van der Waals surface area contributed by atoms with Crippen LogP contribution >= 0.6 is 0 Å². The first kappa shape index (κ1) is 23.2. The summed E-state index contributed by atoms with van der Waals surface area (Å²) < 4.78 is 88.5. The Morgan fingerprint density at radius 2 is 1.23 bits per heavy atom. The van der Waals surface area contributed by atoms with Crippen LogP contribution in [-0.4, -0.2) is 9.97 Å². The van der Waals surface area contributed by atoms with Crippen molar-refractivity contribution in [2.75, 3.05) is 0 Å². The van der Waals surface area contributed by atoms with Gasteiger partial charge in [-0.3, -0.25) is 0 Å². The van der Waals surface area contributed by atoms with Crippen molar-refractivity contribution in [1.82, 2.24) is 9.97 Å². The summed E-state index contributed by atoms with van der Waals surface area (Å²) in [5.41, 5.74) is -1.58. The number of hydrogen-bond acceptors (Lipinski definition) is 3. The van der Waals surface area contributed by atoms with E-state index in [1.165, 1.54) is 12.4 Å². The van der Waals surface area contributed by atoms with Crippen molar-refractivity contribution in [3.8, 4) is 17.1 Å². The van der Waals surface area contributed by atoms with E-state index in [1.807, 2.05) is 13.8 Å². The maximum atomic E-state index is 14.3. The molecule has 3 rings (SSSR count). The minimum atomic E-state index is -4.53. The quantitative estimate of drug-likeness (QED) is 0.447. The van der Waals surface area contributed by atoms with Crippen LogP contribution in [0.3, 0.4) is 0 Å². The van der Waals surface area contributed by atoms with E-state index in [2.05, 4.69) is 14.7 Å². The van der Waals surface area contributed by atoms with Crippen LogP contribution in [0.25, 0.3) is 11.4 Å². The van der Waals surface area contributed by atoms with Gasteiger partial charge in [0.15, 0.2) is 5.82 Å². The first-order chi connectivity index (χ1) is 14.1. The largest absolute Gasteiger partial charge is 0.432 e. The third-order valence-electron chi connectivity index (χ3n) is 3.87. The van der Waals surface area contributed by atoms with E-state index in [9.17, 15) is 26.3 Å². The second kappa shape index (κ2) is 9.15. The molecule has 1 aromatic heterocycles. The predicted octanol–water partition coefficient (Wildman–Crippen LogP) is 6.47. The first-order valence-electron chi connectivity index (χ1n) is 8.89. The molecule has 0 spiro atoms. The lowest BCUT2D eigenvalue weighted by atomic mass is 10.1. The van der Waals surface area contributed by atoms with Crippen LogP contribution in [0.1, 0.15) is 30.5 Å². The highest BCUT2D eigenvalue weighted by Crippen LogP contribution is 2.37. The highest BCUT2D eigenvalue weighted by molar-refractivity contribution is 5.56. The maximum absolute atomic E-state index is 14.3. The molecule has 0 bridgehead atoms. The van der Waals surface area contributed by atoms with Gasteiger partial charge in [-0.25, -0.2) is 27.5 Å². The molecule has 0 radical (unpaired) electrons. The minimum absolute atomic E-state index is 0.0677. The zero-order chi connectivity index (χ0) is 22.6. The summed E-state index contributed by atoms with van der Waals surface area (Å²) in [7, 11) is 0. The Hall–Kier alpha value is -3.10. The van der Waals surface area contributed by atoms with Crippen LogP contribution < -0.4 is 4.74 Å². The Morgan fingerprint density at radius 3 is 1.70 bits per heavy atom. The zero-order valence-corrected chi connectivity index (χ0v) is 16.5. The number of alkyl halides is 2. The molecule has 1 heterocycles. The molecule has 0 fully saturated rings. The van der Waals surface area contributed by atoms with Gasteiger partial charge < -0.3 is 4.74 Å². The third-order valence-corrected chi connectivity index (χ3v) is 3.87. The lowest BCUT2D eigenvalue weighted by Crippen LogP contribution is -2.25. The molecule has 9 heteroatoms. The topological polar surface area (TPSA) is 35.0 Å². The van der Waals surface area contributed by atoms with Crippen LogP contribution in [0.4, 0.5) is 26.3 Å². The normalized spacial score (nSPS) is 11.0. The van der Waals surface area contributed by atoms with E-state index in [4.69, 9.17) is 0 Å². The number of aromatic nitrogens is 2. The van der Waals surface area contributed by atoms with Gasteiger partial charge in [0.1, 0.15) is 34.6 Å². The van der Waals surface area contributed by atoms with Gasteiger partial charge in [0.2, 0.25) is 0 Å². The van der Waals surface area contributed by atoms with E-state index in [1.54, 1.807) is 6.92 Å².